The summed E-state index contributed by atoms with van der Waals surface area (Å²) in [6.45, 7) is 0. The normalized spacial score (nSPS) is 9.74. The molecule has 2 rings (SSSR count). The van der Waals surface area contributed by atoms with Crippen molar-refractivity contribution < 1.29 is 4.79 Å². The van der Waals surface area contributed by atoms with E-state index in [4.69, 9.17) is 5.26 Å². The van der Waals surface area contributed by atoms with Crippen molar-refractivity contribution in [3.8, 4) is 17.2 Å². The molecule has 0 aliphatic heterocycles. The van der Waals surface area contributed by atoms with E-state index in [1.807, 2.05) is 36.4 Å². The van der Waals surface area contributed by atoms with Gasteiger partial charge in [-0.3, -0.25) is 4.79 Å². The number of benzene rings is 2. The first-order valence-electron chi connectivity index (χ1n) is 5.94. The average Bonchev–Trinajstić information content (AvgIpc) is 2.46. The van der Waals surface area contributed by atoms with Gasteiger partial charge in [0.05, 0.1) is 11.6 Å². The maximum Gasteiger partial charge on any atom is 0.253 e. The highest BCUT2D eigenvalue weighted by Gasteiger charge is 2.07. The molecule has 0 heterocycles. The maximum atomic E-state index is 11.8. The Morgan fingerprint density at radius 1 is 0.947 bits per heavy atom. The van der Waals surface area contributed by atoms with Gasteiger partial charge in [-0.25, -0.2) is 0 Å². The van der Waals surface area contributed by atoms with Gasteiger partial charge in [-0.15, -0.1) is 0 Å². The highest BCUT2D eigenvalue weighted by atomic mass is 16.2. The first kappa shape index (κ1) is 12.8. The van der Waals surface area contributed by atoms with Crippen molar-refractivity contribution >= 4 is 5.91 Å². The van der Waals surface area contributed by atoms with Gasteiger partial charge in [-0.1, -0.05) is 24.3 Å². The molecule has 19 heavy (non-hydrogen) atoms. The minimum atomic E-state index is -0.00798. The van der Waals surface area contributed by atoms with Crippen LogP contribution in [-0.2, 0) is 0 Å². The second-order valence-electron chi connectivity index (χ2n) is 4.47. The standard InChI is InChI=1S/C16H14N2O/c1-18(2)16(19)15-9-7-14(8-10-15)13-5-3-12(11-17)4-6-13/h3-10H,1-2H3. The summed E-state index contributed by atoms with van der Waals surface area (Å²) >= 11 is 0. The van der Waals surface area contributed by atoms with Crippen molar-refractivity contribution in [2.24, 2.45) is 0 Å². The third-order valence-electron chi connectivity index (χ3n) is 2.89. The van der Waals surface area contributed by atoms with Crippen LogP contribution in [0.15, 0.2) is 48.5 Å². The average molecular weight is 250 g/mol. The number of nitrogens with zero attached hydrogens (tertiary/aromatic N) is 2. The smallest absolute Gasteiger partial charge is 0.253 e. The Balaban J connectivity index is 2.27. The van der Waals surface area contributed by atoms with Crippen LogP contribution < -0.4 is 0 Å². The summed E-state index contributed by atoms with van der Waals surface area (Å²) in [4.78, 5) is 13.3. The van der Waals surface area contributed by atoms with Crippen LogP contribution in [0, 0.1) is 11.3 Å². The topological polar surface area (TPSA) is 44.1 Å². The van der Waals surface area contributed by atoms with E-state index < -0.39 is 0 Å². The molecule has 0 radical (unpaired) electrons. The van der Waals surface area contributed by atoms with Gasteiger partial charge < -0.3 is 4.90 Å². The summed E-state index contributed by atoms with van der Waals surface area (Å²) in [5.74, 6) is -0.00798. The molecule has 0 atom stereocenters. The van der Waals surface area contributed by atoms with Crippen LogP contribution in [0.2, 0.25) is 0 Å². The lowest BCUT2D eigenvalue weighted by Gasteiger charge is -2.10. The third-order valence-corrected chi connectivity index (χ3v) is 2.89. The Kier molecular flexibility index (Phi) is 3.63. The molecule has 0 saturated carbocycles. The Bertz CT molecular complexity index is 619. The fourth-order valence-electron chi connectivity index (χ4n) is 1.80. The number of rotatable bonds is 2. The zero-order chi connectivity index (χ0) is 13.8. The van der Waals surface area contributed by atoms with Crippen LogP contribution in [0.25, 0.3) is 11.1 Å². The van der Waals surface area contributed by atoms with E-state index in [-0.39, 0.29) is 5.91 Å². The lowest BCUT2D eigenvalue weighted by molar-refractivity contribution is 0.0827. The molecule has 3 heteroatoms. The summed E-state index contributed by atoms with van der Waals surface area (Å²) in [5.41, 5.74) is 3.37. The highest BCUT2D eigenvalue weighted by Crippen LogP contribution is 2.20. The van der Waals surface area contributed by atoms with E-state index in [9.17, 15) is 4.79 Å². The van der Waals surface area contributed by atoms with E-state index in [0.29, 0.717) is 11.1 Å². The number of carbonyl (C=O) groups is 1. The van der Waals surface area contributed by atoms with Gasteiger partial charge in [0.2, 0.25) is 0 Å². The van der Waals surface area contributed by atoms with Crippen LogP contribution in [0.4, 0.5) is 0 Å². The van der Waals surface area contributed by atoms with Gasteiger partial charge in [-0.2, -0.15) is 5.26 Å². The molecule has 3 nitrogen and oxygen atoms in total. The van der Waals surface area contributed by atoms with E-state index >= 15 is 0 Å². The first-order valence-corrected chi connectivity index (χ1v) is 5.94. The molecule has 0 bridgehead atoms. The van der Waals surface area contributed by atoms with Crippen molar-refractivity contribution in [2.75, 3.05) is 14.1 Å². The van der Waals surface area contributed by atoms with E-state index in [2.05, 4.69) is 6.07 Å². The van der Waals surface area contributed by atoms with Crippen molar-refractivity contribution in [1.29, 1.82) is 5.26 Å². The number of amides is 1. The van der Waals surface area contributed by atoms with E-state index in [0.717, 1.165) is 11.1 Å². The van der Waals surface area contributed by atoms with Crippen LogP contribution in [0.5, 0.6) is 0 Å². The molecule has 1 amide bonds. The second kappa shape index (κ2) is 5.36. The Morgan fingerprint density at radius 2 is 1.42 bits per heavy atom. The van der Waals surface area contributed by atoms with Crippen molar-refractivity contribution in [3.63, 3.8) is 0 Å². The van der Waals surface area contributed by atoms with E-state index in [1.54, 1.807) is 31.1 Å². The van der Waals surface area contributed by atoms with Crippen LogP contribution in [-0.4, -0.2) is 24.9 Å². The van der Waals surface area contributed by atoms with Gasteiger partial charge in [0.25, 0.3) is 5.91 Å². The quantitative estimate of drug-likeness (QED) is 0.822. The minimum Gasteiger partial charge on any atom is -0.345 e. The van der Waals surface area contributed by atoms with Crippen molar-refractivity contribution in [1.82, 2.24) is 4.90 Å². The predicted molar refractivity (Wildman–Crippen MR) is 74.6 cm³/mol. The lowest BCUT2D eigenvalue weighted by Crippen LogP contribution is -2.21. The first-order chi connectivity index (χ1) is 9.11. The zero-order valence-electron chi connectivity index (χ0n) is 10.9. The molecule has 0 aliphatic rings. The molecule has 2 aromatic rings. The van der Waals surface area contributed by atoms with Gasteiger partial charge in [-0.05, 0) is 35.4 Å². The molecule has 94 valence electrons. The van der Waals surface area contributed by atoms with E-state index in [1.165, 1.54) is 0 Å². The monoisotopic (exact) mass is 250 g/mol. The van der Waals surface area contributed by atoms with Gasteiger partial charge in [0, 0.05) is 19.7 Å². The summed E-state index contributed by atoms with van der Waals surface area (Å²) < 4.78 is 0. The lowest BCUT2D eigenvalue weighted by atomic mass is 10.0. The molecule has 2 aromatic carbocycles. The predicted octanol–water partition coefficient (Wildman–Crippen LogP) is 2.93. The minimum absolute atomic E-state index is 0.00798. The molecular weight excluding hydrogens is 236 g/mol. The highest BCUT2D eigenvalue weighted by molar-refractivity contribution is 5.94. The van der Waals surface area contributed by atoms with Crippen LogP contribution in [0.1, 0.15) is 15.9 Å². The Hall–Kier alpha value is -2.60. The largest absolute Gasteiger partial charge is 0.345 e. The second-order valence-corrected chi connectivity index (χ2v) is 4.47. The Morgan fingerprint density at radius 3 is 1.84 bits per heavy atom. The fourth-order valence-corrected chi connectivity index (χ4v) is 1.80. The summed E-state index contributed by atoms with van der Waals surface area (Å²) in [6.07, 6.45) is 0. The maximum absolute atomic E-state index is 11.8. The molecule has 0 N–H and O–H groups in total. The van der Waals surface area contributed by atoms with Gasteiger partial charge in [0.1, 0.15) is 0 Å². The van der Waals surface area contributed by atoms with Gasteiger partial charge >= 0.3 is 0 Å². The van der Waals surface area contributed by atoms with Crippen molar-refractivity contribution in [2.45, 2.75) is 0 Å². The molecule has 0 spiro atoms. The molecule has 0 unspecified atom stereocenters. The number of carbonyl (C=O) groups excluding carboxylic acids is 1. The molecule has 0 fully saturated rings. The van der Waals surface area contributed by atoms with Crippen molar-refractivity contribution in [3.05, 3.63) is 59.7 Å². The van der Waals surface area contributed by atoms with Gasteiger partial charge in [0.15, 0.2) is 0 Å². The fraction of sp³-hybridized carbons (Fsp3) is 0.125. The van der Waals surface area contributed by atoms with Crippen LogP contribution in [0.3, 0.4) is 0 Å². The molecule has 0 aliphatic carbocycles. The summed E-state index contributed by atoms with van der Waals surface area (Å²) in [5, 5.41) is 8.76. The number of hydrogen-bond donors (Lipinski definition) is 0. The summed E-state index contributed by atoms with van der Waals surface area (Å²) in [6, 6.07) is 16.9. The molecule has 0 saturated heterocycles. The number of hydrogen-bond acceptors (Lipinski definition) is 2. The zero-order valence-corrected chi connectivity index (χ0v) is 10.9. The van der Waals surface area contributed by atoms with Crippen LogP contribution >= 0.6 is 0 Å². The summed E-state index contributed by atoms with van der Waals surface area (Å²) in [7, 11) is 3.47. The Labute approximate surface area is 112 Å². The SMILES string of the molecule is CN(C)C(=O)c1ccc(-c2ccc(C#N)cc2)cc1. The molecular formula is C16H14N2O. The third kappa shape index (κ3) is 2.80. The molecule has 0 aromatic heterocycles. The number of nitriles is 1.